The van der Waals surface area contributed by atoms with E-state index >= 15 is 0 Å². The van der Waals surface area contributed by atoms with Gasteiger partial charge < -0.3 is 0 Å². The molecule has 0 fully saturated rings. The molecule has 0 aromatic heterocycles. The van der Waals surface area contributed by atoms with E-state index in [0.717, 1.165) is 12.3 Å². The van der Waals surface area contributed by atoms with Gasteiger partial charge in [0.15, 0.2) is 33.6 Å². The SMILES string of the molecule is CC(CS(=O)(=O)c1ccc2ccccc2c1)(S(=O)(=O)c1ccccc1)S(=O)(=O)c1ccccc1. The van der Waals surface area contributed by atoms with Gasteiger partial charge in [-0.1, -0.05) is 66.7 Å². The topological polar surface area (TPSA) is 102 Å². The molecule has 4 aromatic carbocycles. The first-order chi connectivity index (χ1) is 16.0. The van der Waals surface area contributed by atoms with Crippen LogP contribution >= 0.6 is 0 Å². The van der Waals surface area contributed by atoms with Gasteiger partial charge in [-0.3, -0.25) is 0 Å². The summed E-state index contributed by atoms with van der Waals surface area (Å²) in [6.45, 7) is 0.969. The Morgan fingerprint density at radius 2 is 0.971 bits per heavy atom. The summed E-state index contributed by atoms with van der Waals surface area (Å²) >= 11 is 0. The Balaban J connectivity index is 1.93. The minimum absolute atomic E-state index is 0.149. The Hall–Kier alpha value is -3.01. The second-order valence-corrected chi connectivity index (χ2v) is 15.0. The van der Waals surface area contributed by atoms with Gasteiger partial charge in [0.25, 0.3) is 0 Å². The molecule has 0 heterocycles. The van der Waals surface area contributed by atoms with Gasteiger partial charge in [-0.2, -0.15) is 0 Å². The molecule has 0 atom stereocenters. The van der Waals surface area contributed by atoms with E-state index in [-0.39, 0.29) is 14.7 Å². The summed E-state index contributed by atoms with van der Waals surface area (Å²) in [5, 5.41) is 1.44. The average molecular weight is 515 g/mol. The molecule has 0 amide bonds. The summed E-state index contributed by atoms with van der Waals surface area (Å²) in [7, 11) is -13.7. The van der Waals surface area contributed by atoms with Crippen molar-refractivity contribution in [2.75, 3.05) is 5.75 Å². The van der Waals surface area contributed by atoms with E-state index in [0.29, 0.717) is 5.39 Å². The maximum Gasteiger partial charge on any atom is 0.199 e. The lowest BCUT2D eigenvalue weighted by Gasteiger charge is -2.29. The van der Waals surface area contributed by atoms with Gasteiger partial charge in [0.2, 0.25) is 0 Å². The zero-order valence-electron chi connectivity index (χ0n) is 18.2. The maximum absolute atomic E-state index is 13.8. The van der Waals surface area contributed by atoms with Crippen molar-refractivity contribution in [1.29, 1.82) is 0 Å². The normalized spacial score (nSPS) is 13.1. The monoisotopic (exact) mass is 514 g/mol. The molecule has 6 nitrogen and oxygen atoms in total. The zero-order valence-corrected chi connectivity index (χ0v) is 20.6. The van der Waals surface area contributed by atoms with Crippen molar-refractivity contribution in [2.45, 2.75) is 25.7 Å². The van der Waals surface area contributed by atoms with E-state index in [1.54, 1.807) is 30.3 Å². The maximum atomic E-state index is 13.8. The quantitative estimate of drug-likeness (QED) is 0.365. The van der Waals surface area contributed by atoms with Crippen LogP contribution in [0, 0.1) is 0 Å². The summed E-state index contributed by atoms with van der Waals surface area (Å²) in [5.74, 6) is -1.15. The molecule has 0 saturated carbocycles. The largest absolute Gasteiger partial charge is 0.224 e. The second-order valence-electron chi connectivity index (χ2n) is 8.03. The van der Waals surface area contributed by atoms with Crippen LogP contribution in [0.4, 0.5) is 0 Å². The van der Waals surface area contributed by atoms with Crippen molar-refractivity contribution in [3.63, 3.8) is 0 Å². The van der Waals surface area contributed by atoms with E-state index < -0.39 is 39.3 Å². The third-order valence-corrected chi connectivity index (χ3v) is 13.7. The van der Waals surface area contributed by atoms with Crippen molar-refractivity contribution in [1.82, 2.24) is 0 Å². The van der Waals surface area contributed by atoms with Gasteiger partial charge in [-0.05, 0) is 54.1 Å². The fraction of sp³-hybridized carbons (Fsp3) is 0.120. The molecule has 0 saturated heterocycles. The molecule has 0 unspecified atom stereocenters. The fourth-order valence-corrected chi connectivity index (χ4v) is 11.2. The number of sulfone groups is 3. The Bertz CT molecular complexity index is 1590. The molecule has 0 N–H and O–H groups in total. The Kier molecular flexibility index (Phi) is 6.14. The van der Waals surface area contributed by atoms with Crippen LogP contribution in [-0.4, -0.2) is 35.1 Å². The van der Waals surface area contributed by atoms with Crippen molar-refractivity contribution < 1.29 is 25.3 Å². The highest BCUT2D eigenvalue weighted by Crippen LogP contribution is 2.38. The van der Waals surface area contributed by atoms with Gasteiger partial charge in [0.1, 0.15) is 0 Å². The summed E-state index contributed by atoms with van der Waals surface area (Å²) in [6.07, 6.45) is 0. The molecular weight excluding hydrogens is 492 g/mol. The molecule has 0 bridgehead atoms. The fourth-order valence-electron chi connectivity index (χ4n) is 3.79. The molecular formula is C25H22O6S3. The predicted octanol–water partition coefficient (Wildman–Crippen LogP) is 4.28. The van der Waals surface area contributed by atoms with Crippen LogP contribution < -0.4 is 0 Å². The summed E-state index contributed by atoms with van der Waals surface area (Å²) in [5.41, 5.74) is 0. The number of fused-ring (bicyclic) bond motifs is 1. The lowest BCUT2D eigenvalue weighted by molar-refractivity contribution is 0.547. The van der Waals surface area contributed by atoms with Crippen LogP contribution in [0.5, 0.6) is 0 Å². The van der Waals surface area contributed by atoms with E-state index in [2.05, 4.69) is 0 Å². The first-order valence-corrected chi connectivity index (χ1v) is 14.9. The predicted molar refractivity (Wildman–Crippen MR) is 132 cm³/mol. The summed E-state index contributed by atoms with van der Waals surface area (Å²) in [4.78, 5) is -0.694. The van der Waals surface area contributed by atoms with Gasteiger partial charge in [0.05, 0.1) is 20.4 Å². The lowest BCUT2D eigenvalue weighted by atomic mass is 10.1. The minimum Gasteiger partial charge on any atom is -0.224 e. The van der Waals surface area contributed by atoms with E-state index in [1.807, 2.05) is 12.1 Å². The van der Waals surface area contributed by atoms with Crippen molar-refractivity contribution in [2.24, 2.45) is 0 Å². The van der Waals surface area contributed by atoms with E-state index in [9.17, 15) is 25.3 Å². The molecule has 0 aliphatic rings. The molecule has 176 valence electrons. The van der Waals surface area contributed by atoms with E-state index in [4.69, 9.17) is 0 Å². The number of benzene rings is 4. The molecule has 4 rings (SSSR count). The molecule has 0 aliphatic carbocycles. The Morgan fingerprint density at radius 1 is 0.529 bits per heavy atom. The highest BCUT2D eigenvalue weighted by molar-refractivity contribution is 8.11. The van der Waals surface area contributed by atoms with Gasteiger partial charge in [-0.25, -0.2) is 25.3 Å². The van der Waals surface area contributed by atoms with Crippen molar-refractivity contribution in [3.05, 3.63) is 103 Å². The summed E-state index contributed by atoms with van der Waals surface area (Å²) < 4.78 is 79.4. The Labute approximate surface area is 199 Å². The van der Waals surface area contributed by atoms with Crippen LogP contribution in [0.3, 0.4) is 0 Å². The third-order valence-electron chi connectivity index (χ3n) is 5.78. The highest BCUT2D eigenvalue weighted by atomic mass is 32.3. The van der Waals surface area contributed by atoms with Gasteiger partial charge in [-0.15, -0.1) is 0 Å². The molecule has 0 aliphatic heterocycles. The lowest BCUT2D eigenvalue weighted by Crippen LogP contribution is -2.49. The van der Waals surface area contributed by atoms with Crippen LogP contribution in [0.15, 0.2) is 118 Å². The minimum atomic E-state index is -4.66. The number of rotatable bonds is 7. The number of hydrogen-bond donors (Lipinski definition) is 0. The smallest absolute Gasteiger partial charge is 0.199 e. The van der Waals surface area contributed by atoms with E-state index in [1.165, 1.54) is 60.7 Å². The van der Waals surface area contributed by atoms with Gasteiger partial charge in [0, 0.05) is 0 Å². The molecule has 34 heavy (non-hydrogen) atoms. The Morgan fingerprint density at radius 3 is 1.47 bits per heavy atom. The summed E-state index contributed by atoms with van der Waals surface area (Å²) in [6, 6.07) is 25.6. The van der Waals surface area contributed by atoms with Crippen LogP contribution in [0.1, 0.15) is 6.92 Å². The highest BCUT2D eigenvalue weighted by Gasteiger charge is 2.55. The molecule has 9 heteroatoms. The van der Waals surface area contributed by atoms with Crippen LogP contribution in [-0.2, 0) is 29.5 Å². The van der Waals surface area contributed by atoms with Crippen molar-refractivity contribution >= 4 is 40.3 Å². The van der Waals surface area contributed by atoms with Crippen LogP contribution in [0.25, 0.3) is 10.8 Å². The molecule has 0 radical (unpaired) electrons. The second kappa shape index (κ2) is 8.65. The first kappa shape index (κ1) is 24.1. The average Bonchev–Trinajstić information content (AvgIpc) is 2.84. The first-order valence-electron chi connectivity index (χ1n) is 10.3. The van der Waals surface area contributed by atoms with Gasteiger partial charge >= 0.3 is 0 Å². The van der Waals surface area contributed by atoms with Crippen LogP contribution in [0.2, 0.25) is 0 Å². The zero-order chi connectivity index (χ0) is 24.6. The molecule has 4 aromatic rings. The third kappa shape index (κ3) is 4.04. The van der Waals surface area contributed by atoms with Crippen molar-refractivity contribution in [3.8, 4) is 0 Å². The molecule has 0 spiro atoms. The number of hydrogen-bond acceptors (Lipinski definition) is 6. The standard InChI is InChI=1S/C25H22O6S3/c1-25(33(28,29)22-12-4-2-5-13-22,34(30,31)23-14-6-3-7-15-23)19-32(26,27)24-17-16-20-10-8-9-11-21(20)18-24/h2-18H,19H2,1H3.